The molecule has 2 amide bonds. The van der Waals surface area contributed by atoms with Gasteiger partial charge in [-0.15, -0.1) is 0 Å². The van der Waals surface area contributed by atoms with Gasteiger partial charge in [-0.3, -0.25) is 14.4 Å². The monoisotopic (exact) mass is 522 g/mol. The number of cyclic esters (lactones) is 1. The lowest BCUT2D eigenvalue weighted by atomic mass is 9.78. The summed E-state index contributed by atoms with van der Waals surface area (Å²) in [6.07, 6.45) is 11.6. The van der Waals surface area contributed by atoms with Crippen LogP contribution in [-0.2, 0) is 30.3 Å². The fourth-order valence-electron chi connectivity index (χ4n) is 6.48. The van der Waals surface area contributed by atoms with Crippen LogP contribution in [0.1, 0.15) is 44.6 Å². The molecule has 8 nitrogen and oxygen atoms in total. The summed E-state index contributed by atoms with van der Waals surface area (Å²) in [5, 5.41) is 10.5. The largest absolute Gasteiger partial charge is 0.465 e. The van der Waals surface area contributed by atoms with E-state index in [1.165, 1.54) is 4.90 Å². The third-order valence-electron chi connectivity index (χ3n) is 8.32. The van der Waals surface area contributed by atoms with Gasteiger partial charge in [-0.2, -0.15) is 0 Å². The van der Waals surface area contributed by atoms with Gasteiger partial charge in [0.1, 0.15) is 17.6 Å². The molecule has 0 aliphatic carbocycles. The van der Waals surface area contributed by atoms with Crippen molar-refractivity contribution in [2.45, 2.75) is 69.2 Å². The van der Waals surface area contributed by atoms with E-state index in [4.69, 9.17) is 9.47 Å². The number of allylic oxidation sites excluding steroid dienone is 1. The number of hydrogen-bond donors (Lipinski definition) is 1. The minimum absolute atomic E-state index is 0.202. The van der Waals surface area contributed by atoms with E-state index >= 15 is 0 Å². The van der Waals surface area contributed by atoms with E-state index in [9.17, 15) is 19.5 Å². The number of nitrogens with zero attached hydrogens (tertiary/aromatic N) is 2. The Morgan fingerprint density at radius 1 is 1.11 bits per heavy atom. The van der Waals surface area contributed by atoms with Crippen LogP contribution in [0, 0.1) is 11.8 Å². The first-order valence-electron chi connectivity index (χ1n) is 14.0. The van der Waals surface area contributed by atoms with Gasteiger partial charge in [0.25, 0.3) is 0 Å². The standard InChI is InChI=1S/C30H38N2O6/c1-2-3-16-31-17-11-15-30-25(24-23(38-30)14-9-4-5-10-18-37-29(24)36)27(34)32(26(30)28(31)35)22(20-33)19-21-12-7-6-8-13-21/h6-9,11-15,22-26,33H,2-5,10,16-20H2,1H3/b14-9-/t22-,23-,24+,25+,26?,30+/m1/s1. The summed E-state index contributed by atoms with van der Waals surface area (Å²) < 4.78 is 12.3. The van der Waals surface area contributed by atoms with E-state index in [1.807, 2.05) is 54.6 Å². The van der Waals surface area contributed by atoms with Crippen LogP contribution in [0.25, 0.3) is 0 Å². The van der Waals surface area contributed by atoms with Gasteiger partial charge in [0.2, 0.25) is 11.8 Å². The van der Waals surface area contributed by atoms with Gasteiger partial charge in [-0.1, -0.05) is 68.0 Å². The number of amides is 2. The lowest BCUT2D eigenvalue weighted by Gasteiger charge is -2.38. The van der Waals surface area contributed by atoms with Crippen LogP contribution in [0.15, 0.2) is 54.6 Å². The highest BCUT2D eigenvalue weighted by Crippen LogP contribution is 2.53. The molecule has 4 aliphatic rings. The molecule has 1 spiro atoms. The summed E-state index contributed by atoms with van der Waals surface area (Å²) in [7, 11) is 0. The summed E-state index contributed by atoms with van der Waals surface area (Å²) in [6, 6.07) is 8.00. The molecule has 4 heterocycles. The average Bonchev–Trinajstić information content (AvgIpc) is 3.32. The van der Waals surface area contributed by atoms with E-state index in [0.29, 0.717) is 26.1 Å². The smallest absolute Gasteiger partial charge is 0.312 e. The predicted molar refractivity (Wildman–Crippen MR) is 141 cm³/mol. The summed E-state index contributed by atoms with van der Waals surface area (Å²) in [4.78, 5) is 45.3. The summed E-state index contributed by atoms with van der Waals surface area (Å²) in [5.74, 6) is -2.78. The van der Waals surface area contributed by atoms with Gasteiger partial charge in [-0.25, -0.2) is 0 Å². The molecule has 5 rings (SSSR count). The van der Waals surface area contributed by atoms with Crippen molar-refractivity contribution >= 4 is 17.8 Å². The molecule has 0 bridgehead atoms. The second-order valence-corrected chi connectivity index (χ2v) is 10.7. The van der Waals surface area contributed by atoms with Crippen LogP contribution in [0.3, 0.4) is 0 Å². The van der Waals surface area contributed by atoms with Gasteiger partial charge in [0, 0.05) is 13.1 Å². The number of rotatable bonds is 7. The van der Waals surface area contributed by atoms with E-state index < -0.39 is 41.6 Å². The van der Waals surface area contributed by atoms with E-state index in [2.05, 4.69) is 6.92 Å². The first kappa shape index (κ1) is 26.6. The lowest BCUT2D eigenvalue weighted by molar-refractivity contribution is -0.156. The van der Waals surface area contributed by atoms with Gasteiger partial charge in [0.05, 0.1) is 31.3 Å². The van der Waals surface area contributed by atoms with Crippen molar-refractivity contribution in [1.29, 1.82) is 0 Å². The van der Waals surface area contributed by atoms with E-state index in [-0.39, 0.29) is 18.4 Å². The number of hydrogen-bond acceptors (Lipinski definition) is 6. The van der Waals surface area contributed by atoms with E-state index in [1.54, 1.807) is 4.90 Å². The van der Waals surface area contributed by atoms with Crippen LogP contribution in [-0.4, -0.2) is 82.8 Å². The number of esters is 1. The van der Waals surface area contributed by atoms with Crippen LogP contribution in [0.5, 0.6) is 0 Å². The molecule has 8 heteroatoms. The molecule has 2 saturated heterocycles. The van der Waals surface area contributed by atoms with Crippen molar-refractivity contribution in [2.75, 3.05) is 26.3 Å². The zero-order valence-corrected chi connectivity index (χ0v) is 22.0. The van der Waals surface area contributed by atoms with Crippen molar-refractivity contribution < 1.29 is 29.0 Å². The fraction of sp³-hybridized carbons (Fsp3) is 0.567. The number of fused-ring (bicyclic) bond motifs is 2. The number of aliphatic hydroxyl groups is 1. The molecule has 0 aromatic heterocycles. The molecule has 1 unspecified atom stereocenters. The van der Waals surface area contributed by atoms with Gasteiger partial charge in [0.15, 0.2) is 0 Å². The highest BCUT2D eigenvalue weighted by molar-refractivity contribution is 5.99. The van der Waals surface area contributed by atoms with Crippen molar-refractivity contribution in [3.63, 3.8) is 0 Å². The summed E-state index contributed by atoms with van der Waals surface area (Å²) in [6.45, 7) is 3.03. The molecule has 1 aromatic carbocycles. The minimum atomic E-state index is -1.31. The molecule has 4 aliphatic heterocycles. The highest BCUT2D eigenvalue weighted by atomic mass is 16.6. The fourth-order valence-corrected chi connectivity index (χ4v) is 6.48. The molecule has 6 atom stereocenters. The maximum absolute atomic E-state index is 14.4. The zero-order chi connectivity index (χ0) is 26.7. The van der Waals surface area contributed by atoms with Gasteiger partial charge in [-0.05, 0) is 37.7 Å². The molecular formula is C30H38N2O6. The van der Waals surface area contributed by atoms with Crippen LogP contribution in [0.2, 0.25) is 0 Å². The molecule has 1 N–H and O–H groups in total. The van der Waals surface area contributed by atoms with Crippen LogP contribution >= 0.6 is 0 Å². The quantitative estimate of drug-likeness (QED) is 0.437. The number of likely N-dealkylation sites (tertiary alicyclic amines) is 1. The van der Waals surface area contributed by atoms with Crippen molar-refractivity contribution in [2.24, 2.45) is 11.8 Å². The normalized spacial score (nSPS) is 32.7. The third kappa shape index (κ3) is 4.69. The predicted octanol–water partition coefficient (Wildman–Crippen LogP) is 2.65. The topological polar surface area (TPSA) is 96.4 Å². The number of ether oxygens (including phenoxy) is 2. The molecule has 1 aromatic rings. The number of benzene rings is 1. The molecule has 204 valence electrons. The second-order valence-electron chi connectivity index (χ2n) is 10.7. The molecule has 38 heavy (non-hydrogen) atoms. The maximum Gasteiger partial charge on any atom is 0.312 e. The van der Waals surface area contributed by atoms with E-state index in [0.717, 1.165) is 37.7 Å². The Hall–Kier alpha value is -2.97. The minimum Gasteiger partial charge on any atom is -0.465 e. The molecular weight excluding hydrogens is 484 g/mol. The molecule has 0 saturated carbocycles. The van der Waals surface area contributed by atoms with Crippen molar-refractivity contribution in [3.8, 4) is 0 Å². The summed E-state index contributed by atoms with van der Waals surface area (Å²) in [5.41, 5.74) is -0.365. The van der Waals surface area contributed by atoms with Crippen molar-refractivity contribution in [3.05, 3.63) is 60.2 Å². The van der Waals surface area contributed by atoms with Crippen LogP contribution in [0.4, 0.5) is 0 Å². The Balaban J connectivity index is 1.59. The molecule has 2 fully saturated rings. The maximum atomic E-state index is 14.4. The molecule has 0 radical (unpaired) electrons. The summed E-state index contributed by atoms with van der Waals surface area (Å²) >= 11 is 0. The third-order valence-corrected chi connectivity index (χ3v) is 8.32. The Bertz CT molecular complexity index is 1090. The number of carbonyl (C=O) groups excluding carboxylic acids is 3. The Labute approximate surface area is 224 Å². The van der Waals surface area contributed by atoms with Gasteiger partial charge < -0.3 is 24.4 Å². The Morgan fingerprint density at radius 3 is 2.68 bits per heavy atom. The number of unbranched alkanes of at least 4 members (excludes halogenated alkanes) is 1. The number of aliphatic hydroxyl groups excluding tert-OH is 1. The van der Waals surface area contributed by atoms with Gasteiger partial charge >= 0.3 is 5.97 Å². The van der Waals surface area contributed by atoms with Crippen molar-refractivity contribution in [1.82, 2.24) is 9.80 Å². The second kappa shape index (κ2) is 11.4. The Morgan fingerprint density at radius 2 is 1.92 bits per heavy atom. The van der Waals surface area contributed by atoms with Crippen LogP contribution < -0.4 is 0 Å². The SMILES string of the molecule is CCCCN1CC=C[C@]23O[C@@H]4/C=C\CCCCOC(=O)[C@@H]4[C@H]2C(=O)N([C@@H](CO)Cc2ccccc2)C3C1=O. The first-order valence-corrected chi connectivity index (χ1v) is 14.0. The average molecular weight is 523 g/mol. The number of carbonyl (C=O) groups is 3. The highest BCUT2D eigenvalue weighted by Gasteiger charge is 2.72. The first-order chi connectivity index (χ1) is 18.5. The Kier molecular flexibility index (Phi) is 8.00. The zero-order valence-electron chi connectivity index (χ0n) is 22.0. The lowest BCUT2D eigenvalue weighted by Crippen LogP contribution is -2.58.